The summed E-state index contributed by atoms with van der Waals surface area (Å²) in [4.78, 5) is 10.7. The highest BCUT2D eigenvalue weighted by Gasteiger charge is 2.06. The number of anilines is 2. The topological polar surface area (TPSA) is 41.5 Å². The lowest BCUT2D eigenvalue weighted by Crippen LogP contribution is -1.92. The monoisotopic (exact) mass is 358 g/mol. The molecule has 0 spiro atoms. The number of hydrogen-bond donors (Lipinski definition) is 1. The summed E-state index contributed by atoms with van der Waals surface area (Å²) in [7, 11) is 0. The van der Waals surface area contributed by atoms with Crippen LogP contribution in [0, 0.1) is 8.48 Å². The van der Waals surface area contributed by atoms with Crippen molar-refractivity contribution in [1.29, 1.82) is 0 Å². The second-order valence-electron chi connectivity index (χ2n) is 3.36. The first kappa shape index (κ1) is 12.3. The van der Waals surface area contributed by atoms with E-state index >= 15 is 0 Å². The molecule has 3 nitrogen and oxygen atoms in total. The SMILES string of the molecule is O=Nc1ccc(Cl)cc1Nc1ccccc1I. The van der Waals surface area contributed by atoms with Gasteiger partial charge in [0.25, 0.3) is 0 Å². The Morgan fingerprint density at radius 2 is 1.88 bits per heavy atom. The molecular weight excluding hydrogens is 351 g/mol. The van der Waals surface area contributed by atoms with Gasteiger partial charge < -0.3 is 5.32 Å². The molecule has 0 aliphatic carbocycles. The normalized spacial score (nSPS) is 10.0. The number of para-hydroxylation sites is 1. The van der Waals surface area contributed by atoms with E-state index in [9.17, 15) is 4.91 Å². The van der Waals surface area contributed by atoms with Crippen molar-refractivity contribution in [3.8, 4) is 0 Å². The Kier molecular flexibility index (Phi) is 3.96. The first-order valence-electron chi connectivity index (χ1n) is 4.85. The summed E-state index contributed by atoms with van der Waals surface area (Å²) in [6, 6.07) is 12.7. The maximum absolute atomic E-state index is 10.7. The molecule has 0 saturated heterocycles. The van der Waals surface area contributed by atoms with Crippen LogP contribution in [0.25, 0.3) is 0 Å². The van der Waals surface area contributed by atoms with Crippen molar-refractivity contribution in [2.75, 3.05) is 5.32 Å². The zero-order chi connectivity index (χ0) is 12.3. The van der Waals surface area contributed by atoms with Gasteiger partial charge in [-0.3, -0.25) is 0 Å². The Morgan fingerprint density at radius 3 is 2.59 bits per heavy atom. The third kappa shape index (κ3) is 2.95. The summed E-state index contributed by atoms with van der Waals surface area (Å²) in [5.41, 5.74) is 1.87. The van der Waals surface area contributed by atoms with Crippen molar-refractivity contribution in [2.24, 2.45) is 5.18 Å². The molecule has 0 fully saturated rings. The van der Waals surface area contributed by atoms with Gasteiger partial charge in [0.05, 0.1) is 11.4 Å². The lowest BCUT2D eigenvalue weighted by atomic mass is 10.2. The summed E-state index contributed by atoms with van der Waals surface area (Å²) in [5, 5.41) is 6.67. The number of nitrogens with zero attached hydrogens (tertiary/aromatic N) is 1. The lowest BCUT2D eigenvalue weighted by molar-refractivity contribution is 1.45. The third-order valence-electron chi connectivity index (χ3n) is 2.20. The molecule has 0 amide bonds. The second kappa shape index (κ2) is 5.46. The number of rotatable bonds is 3. The third-order valence-corrected chi connectivity index (χ3v) is 3.38. The number of benzene rings is 2. The van der Waals surface area contributed by atoms with Gasteiger partial charge in [0.2, 0.25) is 0 Å². The van der Waals surface area contributed by atoms with Crippen LogP contribution in [-0.2, 0) is 0 Å². The lowest BCUT2D eigenvalue weighted by Gasteiger charge is -2.09. The van der Waals surface area contributed by atoms with Gasteiger partial charge in [-0.05, 0) is 58.1 Å². The molecule has 0 aromatic heterocycles. The van der Waals surface area contributed by atoms with Gasteiger partial charge in [0, 0.05) is 8.59 Å². The molecule has 0 radical (unpaired) electrons. The molecule has 1 N–H and O–H groups in total. The second-order valence-corrected chi connectivity index (χ2v) is 4.96. The van der Waals surface area contributed by atoms with Crippen molar-refractivity contribution in [3.63, 3.8) is 0 Å². The van der Waals surface area contributed by atoms with Crippen LogP contribution >= 0.6 is 34.2 Å². The summed E-state index contributed by atoms with van der Waals surface area (Å²) in [6.45, 7) is 0. The summed E-state index contributed by atoms with van der Waals surface area (Å²) >= 11 is 8.11. The van der Waals surface area contributed by atoms with Crippen molar-refractivity contribution in [2.45, 2.75) is 0 Å². The minimum Gasteiger partial charge on any atom is -0.353 e. The molecular formula is C12H8ClIN2O. The van der Waals surface area contributed by atoms with E-state index in [-0.39, 0.29) is 0 Å². The van der Waals surface area contributed by atoms with E-state index in [1.165, 1.54) is 0 Å². The van der Waals surface area contributed by atoms with E-state index in [1.54, 1.807) is 18.2 Å². The average Bonchev–Trinajstić information content (AvgIpc) is 2.32. The van der Waals surface area contributed by atoms with Crippen molar-refractivity contribution in [3.05, 3.63) is 56.0 Å². The Hall–Kier alpha value is -1.14. The molecule has 17 heavy (non-hydrogen) atoms. The van der Waals surface area contributed by atoms with Crippen LogP contribution in [0.2, 0.25) is 5.02 Å². The van der Waals surface area contributed by atoms with Crippen LogP contribution < -0.4 is 5.32 Å². The van der Waals surface area contributed by atoms with E-state index in [1.807, 2.05) is 24.3 Å². The minimum atomic E-state index is 0.342. The molecule has 2 aromatic carbocycles. The highest BCUT2D eigenvalue weighted by atomic mass is 127. The average molecular weight is 359 g/mol. The van der Waals surface area contributed by atoms with Crippen molar-refractivity contribution < 1.29 is 0 Å². The van der Waals surface area contributed by atoms with Gasteiger partial charge >= 0.3 is 0 Å². The molecule has 0 aliphatic heterocycles. The number of halogens is 2. The van der Waals surface area contributed by atoms with E-state index in [0.29, 0.717) is 16.4 Å². The van der Waals surface area contributed by atoms with E-state index in [2.05, 4.69) is 33.1 Å². The van der Waals surface area contributed by atoms with E-state index < -0.39 is 0 Å². The first-order valence-corrected chi connectivity index (χ1v) is 6.31. The molecule has 0 bridgehead atoms. The maximum atomic E-state index is 10.7. The smallest absolute Gasteiger partial charge is 0.131 e. The molecule has 86 valence electrons. The van der Waals surface area contributed by atoms with Gasteiger partial charge in [-0.2, -0.15) is 0 Å². The predicted molar refractivity (Wildman–Crippen MR) is 79.3 cm³/mol. The molecule has 2 rings (SSSR count). The number of hydrogen-bond acceptors (Lipinski definition) is 3. The zero-order valence-electron chi connectivity index (χ0n) is 8.65. The summed E-state index contributed by atoms with van der Waals surface area (Å²) < 4.78 is 1.06. The maximum Gasteiger partial charge on any atom is 0.131 e. The minimum absolute atomic E-state index is 0.342. The standard InChI is InChI=1S/C12H8ClIN2O/c13-8-5-6-11(16-17)12(7-8)15-10-4-2-1-3-9(10)14/h1-7,15H. The summed E-state index contributed by atoms with van der Waals surface area (Å²) in [6.07, 6.45) is 0. The van der Waals surface area contributed by atoms with Gasteiger partial charge in [-0.1, -0.05) is 23.7 Å². The van der Waals surface area contributed by atoms with Gasteiger partial charge in [-0.25, -0.2) is 0 Å². The quantitative estimate of drug-likeness (QED) is 0.613. The Bertz CT molecular complexity index is 560. The van der Waals surface area contributed by atoms with Crippen LogP contribution in [0.15, 0.2) is 47.6 Å². The molecule has 2 aromatic rings. The highest BCUT2D eigenvalue weighted by molar-refractivity contribution is 14.1. The van der Waals surface area contributed by atoms with Crippen LogP contribution in [0.4, 0.5) is 17.1 Å². The fourth-order valence-electron chi connectivity index (χ4n) is 1.40. The van der Waals surface area contributed by atoms with Crippen molar-refractivity contribution >= 4 is 51.3 Å². The van der Waals surface area contributed by atoms with Crippen LogP contribution in [0.5, 0.6) is 0 Å². The largest absolute Gasteiger partial charge is 0.353 e. The van der Waals surface area contributed by atoms with Crippen LogP contribution in [-0.4, -0.2) is 0 Å². The Morgan fingerprint density at radius 1 is 1.12 bits per heavy atom. The predicted octanol–water partition coefficient (Wildman–Crippen LogP) is 5.09. The number of nitrogens with one attached hydrogen (secondary N) is 1. The Labute approximate surface area is 117 Å². The molecule has 0 heterocycles. The van der Waals surface area contributed by atoms with Crippen LogP contribution in [0.1, 0.15) is 0 Å². The first-order chi connectivity index (χ1) is 8.20. The van der Waals surface area contributed by atoms with Crippen molar-refractivity contribution in [1.82, 2.24) is 0 Å². The van der Waals surface area contributed by atoms with Gasteiger partial charge in [0.1, 0.15) is 5.69 Å². The highest BCUT2D eigenvalue weighted by Crippen LogP contribution is 2.32. The fourth-order valence-corrected chi connectivity index (χ4v) is 2.09. The van der Waals surface area contributed by atoms with E-state index in [4.69, 9.17) is 11.6 Å². The van der Waals surface area contributed by atoms with Crippen LogP contribution in [0.3, 0.4) is 0 Å². The van der Waals surface area contributed by atoms with Gasteiger partial charge in [0.15, 0.2) is 0 Å². The number of nitroso groups, excluding NO2 is 1. The Balaban J connectivity index is 2.39. The fraction of sp³-hybridized carbons (Fsp3) is 0. The molecule has 0 atom stereocenters. The molecule has 0 aliphatic rings. The molecule has 5 heteroatoms. The molecule has 0 saturated carbocycles. The zero-order valence-corrected chi connectivity index (χ0v) is 11.6. The molecule has 0 unspecified atom stereocenters. The summed E-state index contributed by atoms with van der Waals surface area (Å²) in [5.74, 6) is 0. The van der Waals surface area contributed by atoms with Gasteiger partial charge in [-0.15, -0.1) is 4.91 Å². The van der Waals surface area contributed by atoms with E-state index in [0.717, 1.165) is 9.26 Å².